The minimum absolute atomic E-state index is 0.0439. The Labute approximate surface area is 101 Å². The highest BCUT2D eigenvalue weighted by molar-refractivity contribution is 5.75. The van der Waals surface area contributed by atoms with Crippen molar-refractivity contribution >= 4 is 5.91 Å². The van der Waals surface area contributed by atoms with E-state index >= 15 is 0 Å². The maximum Gasteiger partial charge on any atom is 0.231 e. The van der Waals surface area contributed by atoms with Crippen LogP contribution in [-0.2, 0) is 4.79 Å². The average Bonchev–Trinajstić information content (AvgIpc) is 2.29. The molecule has 0 aromatic heterocycles. The van der Waals surface area contributed by atoms with E-state index in [-0.39, 0.29) is 18.5 Å². The maximum absolute atomic E-state index is 10.9. The highest BCUT2D eigenvalue weighted by Gasteiger charge is 2.17. The zero-order chi connectivity index (χ0) is 12.8. The quantitative estimate of drug-likeness (QED) is 0.736. The average molecular weight is 237 g/mol. The van der Waals surface area contributed by atoms with Crippen LogP contribution in [0.4, 0.5) is 0 Å². The van der Waals surface area contributed by atoms with E-state index in [0.29, 0.717) is 6.54 Å². The number of carbonyl (C=O) groups is 1. The number of methoxy groups -OCH3 is 1. The summed E-state index contributed by atoms with van der Waals surface area (Å²) in [7, 11) is 3.44. The summed E-state index contributed by atoms with van der Waals surface area (Å²) < 4.78 is 5.16. The second-order valence-corrected chi connectivity index (χ2v) is 3.91. The number of rotatable bonds is 6. The molecule has 1 aromatic rings. The fourth-order valence-electron chi connectivity index (χ4n) is 1.78. The largest absolute Gasteiger partial charge is 0.497 e. The Morgan fingerprint density at radius 2 is 2.24 bits per heavy atom. The van der Waals surface area contributed by atoms with Crippen LogP contribution in [0.2, 0.25) is 0 Å². The number of hydrogen-bond acceptors (Lipinski definition) is 4. The second kappa shape index (κ2) is 6.22. The summed E-state index contributed by atoms with van der Waals surface area (Å²) in [4.78, 5) is 12.7. The molecule has 1 aromatic carbocycles. The fraction of sp³-hybridized carbons (Fsp3) is 0.417. The minimum atomic E-state index is -0.367. The van der Waals surface area contributed by atoms with Crippen LogP contribution in [0.1, 0.15) is 11.6 Å². The van der Waals surface area contributed by atoms with E-state index in [1.165, 1.54) is 0 Å². The zero-order valence-corrected chi connectivity index (χ0v) is 10.2. The van der Waals surface area contributed by atoms with E-state index in [9.17, 15) is 4.79 Å². The van der Waals surface area contributed by atoms with Gasteiger partial charge in [0.2, 0.25) is 5.91 Å². The van der Waals surface area contributed by atoms with E-state index in [0.717, 1.165) is 11.3 Å². The molecule has 0 bridgehead atoms. The number of primary amides is 1. The Morgan fingerprint density at radius 1 is 1.53 bits per heavy atom. The number of ether oxygens (including phenoxy) is 1. The van der Waals surface area contributed by atoms with Gasteiger partial charge in [-0.1, -0.05) is 12.1 Å². The van der Waals surface area contributed by atoms with Gasteiger partial charge < -0.3 is 16.2 Å². The van der Waals surface area contributed by atoms with Crippen molar-refractivity contribution in [1.82, 2.24) is 4.90 Å². The lowest BCUT2D eigenvalue weighted by Crippen LogP contribution is -2.37. The fourth-order valence-corrected chi connectivity index (χ4v) is 1.78. The summed E-state index contributed by atoms with van der Waals surface area (Å²) in [5.41, 5.74) is 11.9. The van der Waals surface area contributed by atoms with Crippen molar-refractivity contribution in [3.8, 4) is 5.75 Å². The Morgan fingerprint density at radius 3 is 2.76 bits per heavy atom. The molecule has 0 aliphatic rings. The van der Waals surface area contributed by atoms with Crippen molar-refractivity contribution in [2.45, 2.75) is 6.04 Å². The van der Waals surface area contributed by atoms with Crippen molar-refractivity contribution in [1.29, 1.82) is 0 Å². The van der Waals surface area contributed by atoms with Gasteiger partial charge in [-0.3, -0.25) is 9.69 Å². The SMILES string of the molecule is COc1cccc(C(CN)N(C)CC(N)=O)c1. The maximum atomic E-state index is 10.9. The van der Waals surface area contributed by atoms with Gasteiger partial charge in [-0.25, -0.2) is 0 Å². The van der Waals surface area contributed by atoms with Gasteiger partial charge in [-0.05, 0) is 24.7 Å². The summed E-state index contributed by atoms with van der Waals surface area (Å²) in [6.45, 7) is 0.593. The number of nitrogens with zero attached hydrogens (tertiary/aromatic N) is 1. The number of amides is 1. The monoisotopic (exact) mass is 237 g/mol. The van der Waals surface area contributed by atoms with Gasteiger partial charge in [0.1, 0.15) is 5.75 Å². The predicted molar refractivity (Wildman–Crippen MR) is 66.6 cm³/mol. The number of benzene rings is 1. The summed E-state index contributed by atoms with van der Waals surface area (Å²) >= 11 is 0. The Kier molecular flexibility index (Phi) is 4.93. The van der Waals surface area contributed by atoms with E-state index < -0.39 is 0 Å². The minimum Gasteiger partial charge on any atom is -0.497 e. The molecule has 94 valence electrons. The van der Waals surface area contributed by atoms with Gasteiger partial charge in [0, 0.05) is 12.6 Å². The molecular weight excluding hydrogens is 218 g/mol. The van der Waals surface area contributed by atoms with Crippen LogP contribution in [-0.4, -0.2) is 38.1 Å². The van der Waals surface area contributed by atoms with E-state index in [1.54, 1.807) is 7.11 Å². The van der Waals surface area contributed by atoms with Crippen LogP contribution < -0.4 is 16.2 Å². The summed E-state index contributed by atoms with van der Waals surface area (Å²) in [5, 5.41) is 0. The molecule has 1 rings (SSSR count). The molecule has 0 aliphatic carbocycles. The number of nitrogens with two attached hydrogens (primary N) is 2. The van der Waals surface area contributed by atoms with Crippen LogP contribution >= 0.6 is 0 Å². The molecule has 1 unspecified atom stereocenters. The molecule has 1 amide bonds. The Hall–Kier alpha value is -1.59. The molecule has 4 N–H and O–H groups in total. The molecule has 0 radical (unpaired) electrons. The van der Waals surface area contributed by atoms with Gasteiger partial charge >= 0.3 is 0 Å². The zero-order valence-electron chi connectivity index (χ0n) is 10.2. The topological polar surface area (TPSA) is 81.6 Å². The van der Waals surface area contributed by atoms with Gasteiger partial charge in [-0.2, -0.15) is 0 Å². The number of carbonyl (C=O) groups excluding carboxylic acids is 1. The number of likely N-dealkylation sites (N-methyl/N-ethyl adjacent to an activating group) is 1. The summed E-state index contributed by atoms with van der Waals surface area (Å²) in [6, 6.07) is 7.59. The predicted octanol–water partition coefficient (Wildman–Crippen LogP) is 0.112. The molecule has 0 aliphatic heterocycles. The highest BCUT2D eigenvalue weighted by atomic mass is 16.5. The first-order chi connectivity index (χ1) is 8.08. The van der Waals surface area contributed by atoms with E-state index in [2.05, 4.69) is 0 Å². The molecule has 5 heteroatoms. The smallest absolute Gasteiger partial charge is 0.231 e. The highest BCUT2D eigenvalue weighted by Crippen LogP contribution is 2.22. The first-order valence-electron chi connectivity index (χ1n) is 5.41. The standard InChI is InChI=1S/C12H19N3O2/c1-15(8-12(14)16)11(7-13)9-4-3-5-10(6-9)17-2/h3-6,11H,7-8,13H2,1-2H3,(H2,14,16). The van der Waals surface area contributed by atoms with E-state index in [4.69, 9.17) is 16.2 Å². The van der Waals surface area contributed by atoms with Crippen LogP contribution in [0.15, 0.2) is 24.3 Å². The Bertz CT molecular complexity index is 382. The molecule has 17 heavy (non-hydrogen) atoms. The van der Waals surface area contributed by atoms with Gasteiger partial charge in [0.15, 0.2) is 0 Å². The molecule has 0 spiro atoms. The molecule has 0 saturated heterocycles. The molecular formula is C12H19N3O2. The van der Waals surface area contributed by atoms with Crippen LogP contribution in [0.5, 0.6) is 5.75 Å². The molecule has 0 heterocycles. The van der Waals surface area contributed by atoms with Crippen molar-refractivity contribution in [2.24, 2.45) is 11.5 Å². The summed E-state index contributed by atoms with van der Waals surface area (Å²) in [6.07, 6.45) is 0. The third-order valence-corrected chi connectivity index (χ3v) is 2.64. The first kappa shape index (κ1) is 13.5. The van der Waals surface area contributed by atoms with Crippen molar-refractivity contribution < 1.29 is 9.53 Å². The van der Waals surface area contributed by atoms with Crippen LogP contribution in [0.3, 0.4) is 0 Å². The molecule has 0 fully saturated rings. The van der Waals surface area contributed by atoms with Crippen LogP contribution in [0, 0.1) is 0 Å². The molecule has 5 nitrogen and oxygen atoms in total. The number of hydrogen-bond donors (Lipinski definition) is 2. The molecule has 0 saturated carbocycles. The van der Waals surface area contributed by atoms with Gasteiger partial charge in [0.25, 0.3) is 0 Å². The lowest BCUT2D eigenvalue weighted by atomic mass is 10.1. The van der Waals surface area contributed by atoms with Crippen molar-refractivity contribution in [2.75, 3.05) is 27.2 Å². The van der Waals surface area contributed by atoms with Crippen molar-refractivity contribution in [3.63, 3.8) is 0 Å². The third-order valence-electron chi connectivity index (χ3n) is 2.64. The third kappa shape index (κ3) is 3.72. The van der Waals surface area contributed by atoms with Gasteiger partial charge in [0.05, 0.1) is 13.7 Å². The normalized spacial score (nSPS) is 12.5. The Balaban J connectivity index is 2.88. The second-order valence-electron chi connectivity index (χ2n) is 3.91. The lowest BCUT2D eigenvalue weighted by molar-refractivity contribution is -0.119. The van der Waals surface area contributed by atoms with Crippen molar-refractivity contribution in [3.05, 3.63) is 29.8 Å². The van der Waals surface area contributed by atoms with Gasteiger partial charge in [-0.15, -0.1) is 0 Å². The first-order valence-corrected chi connectivity index (χ1v) is 5.41. The lowest BCUT2D eigenvalue weighted by Gasteiger charge is -2.26. The molecule has 1 atom stereocenters. The summed E-state index contributed by atoms with van der Waals surface area (Å²) in [5.74, 6) is 0.405. The van der Waals surface area contributed by atoms with Crippen LogP contribution in [0.25, 0.3) is 0 Å². The van der Waals surface area contributed by atoms with E-state index in [1.807, 2.05) is 36.2 Å².